The smallest absolute Gasteiger partial charge is 0.373 e. The molecule has 3 rings (SSSR count). The maximum Gasteiger partial charge on any atom is 0.373 e. The second-order valence-electron chi connectivity index (χ2n) is 5.22. The number of aromatic nitrogens is 1. The zero-order valence-electron chi connectivity index (χ0n) is 13.4. The Bertz CT molecular complexity index is 958. The summed E-state index contributed by atoms with van der Waals surface area (Å²) < 4.78 is 12.2. The maximum atomic E-state index is 11.5. The molecule has 0 aliphatic carbocycles. The number of nitrogens with two attached hydrogens (primary N) is 1. The summed E-state index contributed by atoms with van der Waals surface area (Å²) in [4.78, 5) is 11.5. The number of rotatable bonds is 5. The third-order valence-electron chi connectivity index (χ3n) is 3.57. The summed E-state index contributed by atoms with van der Waals surface area (Å²) in [6.45, 7) is 0.466. The van der Waals surface area contributed by atoms with E-state index in [2.05, 4.69) is 15.3 Å². The van der Waals surface area contributed by atoms with Crippen LogP contribution >= 0.6 is 12.2 Å². The lowest BCUT2D eigenvalue weighted by atomic mass is 10.2. The number of fused-ring (bicyclic) bond motifs is 1. The molecule has 0 amide bonds. The van der Waals surface area contributed by atoms with Gasteiger partial charge in [-0.3, -0.25) is 5.43 Å². The van der Waals surface area contributed by atoms with Crippen molar-refractivity contribution < 1.29 is 13.9 Å². The summed E-state index contributed by atoms with van der Waals surface area (Å²) in [6.07, 6.45) is 3.59. The van der Waals surface area contributed by atoms with Crippen molar-refractivity contribution in [2.45, 2.75) is 6.54 Å². The quantitative estimate of drug-likeness (QED) is 0.315. The van der Waals surface area contributed by atoms with Crippen LogP contribution in [0.15, 0.2) is 52.1 Å². The average Bonchev–Trinajstić information content (AvgIpc) is 3.20. The van der Waals surface area contributed by atoms with Crippen molar-refractivity contribution in [1.29, 1.82) is 0 Å². The zero-order chi connectivity index (χ0) is 17.8. The van der Waals surface area contributed by atoms with Gasteiger partial charge in [-0.25, -0.2) is 4.79 Å². The first-order valence-corrected chi connectivity index (χ1v) is 7.82. The topological polar surface area (TPSA) is 94.8 Å². The first-order valence-electron chi connectivity index (χ1n) is 7.42. The summed E-state index contributed by atoms with van der Waals surface area (Å²) in [7, 11) is 1.32. The Morgan fingerprint density at radius 1 is 1.40 bits per heavy atom. The number of benzene rings is 1. The number of furan rings is 1. The monoisotopic (exact) mass is 356 g/mol. The number of carbonyl (C=O) groups is 1. The highest BCUT2D eigenvalue weighted by molar-refractivity contribution is 7.80. The molecule has 0 spiro atoms. The van der Waals surface area contributed by atoms with Crippen LogP contribution in [0.4, 0.5) is 0 Å². The molecule has 0 aliphatic rings. The lowest BCUT2D eigenvalue weighted by Crippen LogP contribution is -2.23. The Labute approximate surface area is 149 Å². The van der Waals surface area contributed by atoms with Gasteiger partial charge in [-0.15, -0.1) is 0 Å². The van der Waals surface area contributed by atoms with Gasteiger partial charge >= 0.3 is 5.97 Å². The van der Waals surface area contributed by atoms with E-state index < -0.39 is 5.97 Å². The van der Waals surface area contributed by atoms with E-state index in [1.807, 2.05) is 35.0 Å². The van der Waals surface area contributed by atoms with Gasteiger partial charge in [0.25, 0.3) is 0 Å². The highest BCUT2D eigenvalue weighted by atomic mass is 32.1. The standard InChI is InChI=1S/C17H16N4O3S/c1-23-16(22)15-7-6-12(24-15)10-21-9-11(8-19-20-17(18)25)13-4-2-3-5-14(13)21/h2-9H,10H2,1H3,(H3,18,20,25)/b19-8-. The highest BCUT2D eigenvalue weighted by Gasteiger charge is 2.13. The van der Waals surface area contributed by atoms with Crippen LogP contribution < -0.4 is 11.2 Å². The molecule has 7 nitrogen and oxygen atoms in total. The number of para-hydroxylation sites is 1. The first kappa shape index (κ1) is 16.7. The van der Waals surface area contributed by atoms with E-state index in [4.69, 9.17) is 22.4 Å². The van der Waals surface area contributed by atoms with Crippen molar-refractivity contribution in [2.75, 3.05) is 7.11 Å². The van der Waals surface area contributed by atoms with E-state index in [0.29, 0.717) is 12.3 Å². The Hall–Kier alpha value is -3.13. The fourth-order valence-corrected chi connectivity index (χ4v) is 2.57. The number of methoxy groups -OCH3 is 1. The SMILES string of the molecule is COC(=O)c1ccc(Cn2cc(/C=N\NC(N)=S)c3ccccc32)o1. The minimum absolute atomic E-state index is 0.103. The van der Waals surface area contributed by atoms with Crippen LogP contribution in [0.25, 0.3) is 10.9 Å². The summed E-state index contributed by atoms with van der Waals surface area (Å²) >= 11 is 4.73. The predicted molar refractivity (Wildman–Crippen MR) is 98.6 cm³/mol. The van der Waals surface area contributed by atoms with E-state index in [-0.39, 0.29) is 10.9 Å². The summed E-state index contributed by atoms with van der Waals surface area (Å²) in [5.41, 5.74) is 9.82. The van der Waals surface area contributed by atoms with Gasteiger partial charge in [0.15, 0.2) is 5.11 Å². The fourth-order valence-electron chi connectivity index (χ4n) is 2.52. The van der Waals surface area contributed by atoms with Gasteiger partial charge in [0.2, 0.25) is 5.76 Å². The van der Waals surface area contributed by atoms with Crippen molar-refractivity contribution in [3.8, 4) is 0 Å². The molecule has 0 fully saturated rings. The van der Waals surface area contributed by atoms with Gasteiger partial charge in [0.05, 0.1) is 19.9 Å². The van der Waals surface area contributed by atoms with E-state index in [1.54, 1.807) is 18.3 Å². The van der Waals surface area contributed by atoms with Crippen LogP contribution in [0, 0.1) is 0 Å². The van der Waals surface area contributed by atoms with Crippen molar-refractivity contribution in [3.05, 3.63) is 59.7 Å². The average molecular weight is 356 g/mol. The van der Waals surface area contributed by atoms with Gasteiger partial charge in [-0.1, -0.05) is 18.2 Å². The van der Waals surface area contributed by atoms with Gasteiger partial charge in [-0.2, -0.15) is 5.10 Å². The summed E-state index contributed by atoms with van der Waals surface area (Å²) in [5.74, 6) is 0.322. The van der Waals surface area contributed by atoms with E-state index in [9.17, 15) is 4.79 Å². The van der Waals surface area contributed by atoms with Gasteiger partial charge < -0.3 is 19.5 Å². The number of nitrogens with zero attached hydrogens (tertiary/aromatic N) is 2. The molecule has 3 N–H and O–H groups in total. The number of hydrogen-bond acceptors (Lipinski definition) is 5. The fraction of sp³-hybridized carbons (Fsp3) is 0.118. The number of hydrazone groups is 1. The van der Waals surface area contributed by atoms with Gasteiger partial charge in [0, 0.05) is 22.7 Å². The molecule has 0 saturated carbocycles. The number of ether oxygens (including phenoxy) is 1. The molecule has 0 atom stereocenters. The normalized spacial score (nSPS) is 11.1. The number of esters is 1. The van der Waals surface area contributed by atoms with Crippen molar-refractivity contribution in [2.24, 2.45) is 10.8 Å². The molecule has 25 heavy (non-hydrogen) atoms. The van der Waals surface area contributed by atoms with Crippen LogP contribution in [0.5, 0.6) is 0 Å². The van der Waals surface area contributed by atoms with Crippen LogP contribution in [-0.2, 0) is 11.3 Å². The largest absolute Gasteiger partial charge is 0.463 e. The second kappa shape index (κ2) is 7.18. The third kappa shape index (κ3) is 3.69. The molecule has 0 radical (unpaired) electrons. The minimum Gasteiger partial charge on any atom is -0.463 e. The molecule has 1 aromatic carbocycles. The van der Waals surface area contributed by atoms with Gasteiger partial charge in [-0.05, 0) is 30.4 Å². The van der Waals surface area contributed by atoms with E-state index >= 15 is 0 Å². The molecule has 8 heteroatoms. The number of thiocarbonyl (C=S) groups is 1. The second-order valence-corrected chi connectivity index (χ2v) is 5.66. The number of carbonyl (C=O) groups excluding carboxylic acids is 1. The molecular weight excluding hydrogens is 340 g/mol. The van der Waals surface area contributed by atoms with E-state index in [1.165, 1.54) is 7.11 Å². The molecule has 2 aromatic heterocycles. The Morgan fingerprint density at radius 2 is 2.20 bits per heavy atom. The predicted octanol–water partition coefficient (Wildman–Crippen LogP) is 2.24. The summed E-state index contributed by atoms with van der Waals surface area (Å²) in [5, 5.41) is 5.14. The molecule has 0 aliphatic heterocycles. The molecule has 0 bridgehead atoms. The Balaban J connectivity index is 1.91. The minimum atomic E-state index is -0.500. The van der Waals surface area contributed by atoms with Crippen LogP contribution in [0.3, 0.4) is 0 Å². The Kier molecular flexibility index (Phi) is 4.80. The van der Waals surface area contributed by atoms with Crippen molar-refractivity contribution >= 4 is 40.4 Å². The lowest BCUT2D eigenvalue weighted by Gasteiger charge is -2.02. The van der Waals surface area contributed by atoms with E-state index in [0.717, 1.165) is 16.5 Å². The molecular formula is C17H16N4O3S. The zero-order valence-corrected chi connectivity index (χ0v) is 14.2. The van der Waals surface area contributed by atoms with Crippen molar-refractivity contribution in [1.82, 2.24) is 9.99 Å². The van der Waals surface area contributed by atoms with Crippen LogP contribution in [0.1, 0.15) is 21.9 Å². The lowest BCUT2D eigenvalue weighted by molar-refractivity contribution is 0.0563. The summed E-state index contributed by atoms with van der Waals surface area (Å²) in [6, 6.07) is 11.3. The molecule has 0 saturated heterocycles. The molecule has 0 unspecified atom stereocenters. The van der Waals surface area contributed by atoms with Crippen LogP contribution in [0.2, 0.25) is 0 Å². The maximum absolute atomic E-state index is 11.5. The van der Waals surface area contributed by atoms with Crippen LogP contribution in [-0.4, -0.2) is 29.0 Å². The number of hydrogen-bond donors (Lipinski definition) is 2. The third-order valence-corrected chi connectivity index (χ3v) is 3.66. The highest BCUT2D eigenvalue weighted by Crippen LogP contribution is 2.22. The van der Waals surface area contributed by atoms with Gasteiger partial charge in [0.1, 0.15) is 5.76 Å². The first-order chi connectivity index (χ1) is 12.1. The molecule has 128 valence electrons. The molecule has 3 aromatic rings. The molecule has 2 heterocycles. The van der Waals surface area contributed by atoms with Crippen molar-refractivity contribution in [3.63, 3.8) is 0 Å². The number of nitrogens with one attached hydrogen (secondary N) is 1. The Morgan fingerprint density at radius 3 is 2.96 bits per heavy atom.